The van der Waals surface area contributed by atoms with Gasteiger partial charge in [0.2, 0.25) is 0 Å². The summed E-state index contributed by atoms with van der Waals surface area (Å²) >= 11 is 0. The fourth-order valence-corrected chi connectivity index (χ4v) is 3.14. The van der Waals surface area contributed by atoms with Crippen LogP contribution in [0.15, 0.2) is 0 Å². The van der Waals surface area contributed by atoms with Crippen molar-refractivity contribution in [2.45, 2.75) is 65.3 Å². The van der Waals surface area contributed by atoms with E-state index < -0.39 is 0 Å². The summed E-state index contributed by atoms with van der Waals surface area (Å²) < 4.78 is 0. The second-order valence-corrected chi connectivity index (χ2v) is 6.46. The Morgan fingerprint density at radius 1 is 1.20 bits per heavy atom. The van der Waals surface area contributed by atoms with Crippen LogP contribution in [-0.4, -0.2) is 12.6 Å². The second-order valence-electron chi connectivity index (χ2n) is 6.46. The summed E-state index contributed by atoms with van der Waals surface area (Å²) in [4.78, 5) is 0. The number of nitrogens with one attached hydrogen (secondary N) is 1. The van der Waals surface area contributed by atoms with Gasteiger partial charge in [0.05, 0.1) is 0 Å². The van der Waals surface area contributed by atoms with Crippen LogP contribution in [-0.2, 0) is 0 Å². The topological polar surface area (TPSA) is 12.0 Å². The van der Waals surface area contributed by atoms with Crippen molar-refractivity contribution in [2.24, 2.45) is 17.3 Å². The lowest BCUT2D eigenvalue weighted by Crippen LogP contribution is -2.44. The molecular weight excluding hydrogens is 182 g/mol. The van der Waals surface area contributed by atoms with Crippen LogP contribution < -0.4 is 5.32 Å². The Bertz CT molecular complexity index is 201. The van der Waals surface area contributed by atoms with E-state index in [0.29, 0.717) is 5.41 Å². The molecule has 15 heavy (non-hydrogen) atoms. The molecule has 0 aliphatic heterocycles. The fraction of sp³-hybridized carbons (Fsp3) is 1.00. The molecule has 0 saturated heterocycles. The summed E-state index contributed by atoms with van der Waals surface area (Å²) in [5.74, 6) is 1.87. The molecule has 1 unspecified atom stereocenters. The van der Waals surface area contributed by atoms with Gasteiger partial charge in [0, 0.05) is 12.6 Å². The van der Waals surface area contributed by atoms with Crippen molar-refractivity contribution in [3.63, 3.8) is 0 Å². The van der Waals surface area contributed by atoms with E-state index in [0.717, 1.165) is 17.9 Å². The van der Waals surface area contributed by atoms with Gasteiger partial charge < -0.3 is 5.32 Å². The number of rotatable bonds is 6. The van der Waals surface area contributed by atoms with Gasteiger partial charge in [-0.15, -0.1) is 0 Å². The summed E-state index contributed by atoms with van der Waals surface area (Å²) in [5.41, 5.74) is 0.678. The van der Waals surface area contributed by atoms with Gasteiger partial charge in [-0.25, -0.2) is 0 Å². The zero-order valence-corrected chi connectivity index (χ0v) is 10.7. The Morgan fingerprint density at radius 3 is 2.27 bits per heavy atom. The number of hydrogen-bond donors (Lipinski definition) is 1. The lowest BCUT2D eigenvalue weighted by molar-refractivity contribution is 0.0937. The quantitative estimate of drug-likeness (QED) is 0.705. The van der Waals surface area contributed by atoms with Gasteiger partial charge >= 0.3 is 0 Å². The predicted octanol–water partition coefficient (Wildman–Crippen LogP) is 3.59. The van der Waals surface area contributed by atoms with Crippen molar-refractivity contribution in [2.75, 3.05) is 6.54 Å². The molecular formula is C14H27N. The molecule has 0 heterocycles. The third kappa shape index (κ3) is 2.96. The maximum absolute atomic E-state index is 3.79. The van der Waals surface area contributed by atoms with Gasteiger partial charge in [-0.05, 0) is 56.3 Å². The molecule has 0 spiro atoms. The molecule has 0 amide bonds. The first-order chi connectivity index (χ1) is 7.11. The van der Waals surface area contributed by atoms with E-state index in [-0.39, 0.29) is 0 Å². The number of hydrogen-bond acceptors (Lipinski definition) is 1. The maximum Gasteiger partial charge on any atom is 0.00672 e. The van der Waals surface area contributed by atoms with E-state index in [1.807, 2.05) is 0 Å². The molecule has 2 aliphatic carbocycles. The molecule has 2 saturated carbocycles. The Morgan fingerprint density at radius 2 is 1.87 bits per heavy atom. The molecule has 1 heteroatoms. The van der Waals surface area contributed by atoms with Gasteiger partial charge in [0.1, 0.15) is 0 Å². The molecule has 0 bridgehead atoms. The highest BCUT2D eigenvalue weighted by molar-refractivity contribution is 4.92. The van der Waals surface area contributed by atoms with Crippen molar-refractivity contribution < 1.29 is 0 Å². The van der Waals surface area contributed by atoms with Crippen molar-refractivity contribution in [1.82, 2.24) is 5.32 Å². The Kier molecular flexibility index (Phi) is 3.39. The average molecular weight is 209 g/mol. The zero-order valence-electron chi connectivity index (χ0n) is 10.7. The van der Waals surface area contributed by atoms with Gasteiger partial charge in [0.25, 0.3) is 0 Å². The molecule has 2 rings (SSSR count). The van der Waals surface area contributed by atoms with Crippen LogP contribution in [0.3, 0.4) is 0 Å². The molecule has 1 atom stereocenters. The molecule has 0 aromatic rings. The predicted molar refractivity (Wildman–Crippen MR) is 65.9 cm³/mol. The van der Waals surface area contributed by atoms with E-state index in [9.17, 15) is 0 Å². The summed E-state index contributed by atoms with van der Waals surface area (Å²) in [6, 6.07) is 0.773. The fourth-order valence-electron chi connectivity index (χ4n) is 3.14. The lowest BCUT2D eigenvalue weighted by atomic mass is 9.64. The summed E-state index contributed by atoms with van der Waals surface area (Å²) in [6.07, 6.45) is 8.76. The molecule has 1 nitrogen and oxygen atoms in total. The average Bonchev–Trinajstić information content (AvgIpc) is 2.91. The van der Waals surface area contributed by atoms with Gasteiger partial charge in [-0.3, -0.25) is 0 Å². The normalized spacial score (nSPS) is 26.4. The van der Waals surface area contributed by atoms with Gasteiger partial charge in [-0.1, -0.05) is 20.3 Å². The third-order valence-corrected chi connectivity index (χ3v) is 4.38. The van der Waals surface area contributed by atoms with E-state index in [1.165, 1.54) is 45.1 Å². The monoisotopic (exact) mass is 209 g/mol. The molecule has 2 aliphatic rings. The summed E-state index contributed by atoms with van der Waals surface area (Å²) in [6.45, 7) is 8.39. The molecule has 2 fully saturated rings. The van der Waals surface area contributed by atoms with Crippen molar-refractivity contribution in [3.8, 4) is 0 Å². The summed E-state index contributed by atoms with van der Waals surface area (Å²) in [5, 5.41) is 3.79. The lowest BCUT2D eigenvalue weighted by Gasteiger charge is -2.44. The van der Waals surface area contributed by atoms with Crippen LogP contribution in [0.25, 0.3) is 0 Å². The maximum atomic E-state index is 3.79. The van der Waals surface area contributed by atoms with E-state index in [1.54, 1.807) is 0 Å². The Hall–Kier alpha value is -0.0400. The highest BCUT2D eigenvalue weighted by atomic mass is 14.9. The van der Waals surface area contributed by atoms with Crippen LogP contribution in [0.5, 0.6) is 0 Å². The molecule has 1 N–H and O–H groups in total. The SMILES string of the molecule is CC(C)CC1(CNC(C)C2CC2)CCC1. The standard InChI is InChI=1S/C14H27N/c1-11(2)9-14(7-4-8-14)10-15-12(3)13-5-6-13/h11-13,15H,4-10H2,1-3H3. The third-order valence-electron chi connectivity index (χ3n) is 4.38. The van der Waals surface area contributed by atoms with Crippen molar-refractivity contribution in [3.05, 3.63) is 0 Å². The first-order valence-electron chi connectivity index (χ1n) is 6.85. The van der Waals surface area contributed by atoms with Crippen LogP contribution in [0.4, 0.5) is 0 Å². The van der Waals surface area contributed by atoms with Gasteiger partial charge in [-0.2, -0.15) is 0 Å². The van der Waals surface area contributed by atoms with Crippen LogP contribution in [0.1, 0.15) is 59.3 Å². The molecule has 88 valence electrons. The molecule has 0 radical (unpaired) electrons. The zero-order chi connectivity index (χ0) is 10.9. The van der Waals surface area contributed by atoms with Crippen molar-refractivity contribution in [1.29, 1.82) is 0 Å². The smallest absolute Gasteiger partial charge is 0.00672 e. The first-order valence-corrected chi connectivity index (χ1v) is 6.85. The van der Waals surface area contributed by atoms with Crippen LogP contribution >= 0.6 is 0 Å². The van der Waals surface area contributed by atoms with E-state index in [4.69, 9.17) is 0 Å². The van der Waals surface area contributed by atoms with Gasteiger partial charge in [0.15, 0.2) is 0 Å². The van der Waals surface area contributed by atoms with E-state index in [2.05, 4.69) is 26.1 Å². The van der Waals surface area contributed by atoms with Crippen molar-refractivity contribution >= 4 is 0 Å². The second kappa shape index (κ2) is 4.45. The van der Waals surface area contributed by atoms with Crippen LogP contribution in [0.2, 0.25) is 0 Å². The first kappa shape index (κ1) is 11.4. The van der Waals surface area contributed by atoms with E-state index >= 15 is 0 Å². The molecule has 0 aromatic heterocycles. The Balaban J connectivity index is 1.74. The van der Waals surface area contributed by atoms with Crippen LogP contribution in [0, 0.1) is 17.3 Å². The Labute approximate surface area is 95.0 Å². The minimum Gasteiger partial charge on any atom is -0.313 e. The highest BCUT2D eigenvalue weighted by Crippen LogP contribution is 2.45. The highest BCUT2D eigenvalue weighted by Gasteiger charge is 2.38. The minimum atomic E-state index is 0.678. The largest absolute Gasteiger partial charge is 0.313 e. The molecule has 0 aromatic carbocycles. The minimum absolute atomic E-state index is 0.678. The summed E-state index contributed by atoms with van der Waals surface area (Å²) in [7, 11) is 0.